The highest BCUT2D eigenvalue weighted by molar-refractivity contribution is 6.01. The topological polar surface area (TPSA) is 121 Å². The van der Waals surface area contributed by atoms with Crippen LogP contribution >= 0.6 is 0 Å². The number of fused-ring (bicyclic) bond motifs is 10. The summed E-state index contributed by atoms with van der Waals surface area (Å²) in [6.45, 7) is 0. The number of benzene rings is 4. The lowest BCUT2D eigenvalue weighted by molar-refractivity contribution is 0.0953. The van der Waals surface area contributed by atoms with E-state index in [0.717, 1.165) is 24.0 Å². The average Bonchev–Trinajstić information content (AvgIpc) is 3.17. The summed E-state index contributed by atoms with van der Waals surface area (Å²) >= 11 is 0. The number of hydrogen-bond acceptors (Lipinski definition) is 5. The minimum Gasteiger partial charge on any atom is -0.397 e. The summed E-state index contributed by atoms with van der Waals surface area (Å²) in [4.78, 5) is 13.0. The van der Waals surface area contributed by atoms with E-state index in [-0.39, 0.29) is 16.6 Å². The number of hydrogen-bond donors (Lipinski definition) is 4. The quantitative estimate of drug-likeness (QED) is 0.256. The van der Waals surface area contributed by atoms with E-state index in [0.29, 0.717) is 41.2 Å². The number of carbonyl (C=O) groups excluding carboxylic acids is 1. The van der Waals surface area contributed by atoms with Crippen molar-refractivity contribution in [2.24, 2.45) is 0 Å². The molecule has 0 amide bonds. The molecule has 3 aliphatic carbocycles. The van der Waals surface area contributed by atoms with Crippen LogP contribution in [0.5, 0.6) is 0 Å². The van der Waals surface area contributed by atoms with Crippen molar-refractivity contribution < 1.29 is 4.79 Å². The van der Waals surface area contributed by atoms with Crippen molar-refractivity contribution in [2.45, 2.75) is 36.5 Å². The zero-order chi connectivity index (χ0) is 24.8. The fraction of sp³-hybridized carbons (Fsp3) is 0.194. The predicted octanol–water partition coefficient (Wildman–Crippen LogP) is 5.39. The average molecular weight is 473 g/mol. The van der Waals surface area contributed by atoms with Gasteiger partial charge in [-0.3, -0.25) is 4.79 Å². The van der Waals surface area contributed by atoms with Gasteiger partial charge in [0.05, 0.1) is 22.7 Å². The van der Waals surface area contributed by atoms with E-state index >= 15 is 0 Å². The van der Waals surface area contributed by atoms with Crippen LogP contribution in [0.4, 0.5) is 22.7 Å². The van der Waals surface area contributed by atoms with E-state index < -0.39 is 0 Å². The number of nitrogen functional groups attached to an aromatic ring is 4. The summed E-state index contributed by atoms with van der Waals surface area (Å²) < 4.78 is 0. The highest BCUT2D eigenvalue weighted by atomic mass is 16.1. The van der Waals surface area contributed by atoms with Crippen molar-refractivity contribution in [3.63, 3.8) is 0 Å². The first-order chi connectivity index (χ1) is 17.4. The second-order valence-corrected chi connectivity index (χ2v) is 10.6. The maximum Gasteiger partial charge on any atom is 0.163 e. The molecule has 4 aromatic rings. The molecule has 3 aliphatic rings. The zero-order valence-corrected chi connectivity index (χ0v) is 20.0. The normalized spacial score (nSPS) is 20.6. The van der Waals surface area contributed by atoms with Gasteiger partial charge in [-0.1, -0.05) is 48.5 Å². The first kappa shape index (κ1) is 21.1. The highest BCUT2D eigenvalue weighted by Gasteiger charge is 2.54. The van der Waals surface area contributed by atoms with E-state index in [1.807, 2.05) is 6.07 Å². The Hall–Kier alpha value is -4.25. The molecule has 178 valence electrons. The van der Waals surface area contributed by atoms with Crippen LogP contribution < -0.4 is 22.9 Å². The Bertz CT molecular complexity index is 1580. The molecular formula is C31H28N4O. The molecule has 0 heterocycles. The molecule has 0 bridgehead atoms. The van der Waals surface area contributed by atoms with Gasteiger partial charge in [-0.2, -0.15) is 0 Å². The van der Waals surface area contributed by atoms with Crippen molar-refractivity contribution >= 4 is 28.5 Å². The van der Waals surface area contributed by atoms with Gasteiger partial charge in [0.2, 0.25) is 0 Å². The van der Waals surface area contributed by atoms with Gasteiger partial charge in [-0.25, -0.2) is 0 Å². The Morgan fingerprint density at radius 1 is 0.528 bits per heavy atom. The molecule has 36 heavy (non-hydrogen) atoms. The first-order valence-corrected chi connectivity index (χ1v) is 12.5. The van der Waals surface area contributed by atoms with Crippen LogP contribution in [0, 0.1) is 0 Å². The molecule has 0 aliphatic heterocycles. The molecule has 5 heteroatoms. The van der Waals surface area contributed by atoms with Crippen LogP contribution in [0.3, 0.4) is 0 Å². The molecular weight excluding hydrogens is 444 g/mol. The largest absolute Gasteiger partial charge is 0.397 e. The first-order valence-electron chi connectivity index (χ1n) is 12.5. The number of ketones is 1. The van der Waals surface area contributed by atoms with Crippen molar-refractivity contribution in [2.75, 3.05) is 22.9 Å². The lowest BCUT2D eigenvalue weighted by Gasteiger charge is -2.50. The summed E-state index contributed by atoms with van der Waals surface area (Å²) in [5, 5.41) is 0. The molecule has 0 aromatic heterocycles. The Morgan fingerprint density at radius 3 is 1.69 bits per heavy atom. The lowest BCUT2D eigenvalue weighted by atomic mass is 9.52. The molecule has 1 unspecified atom stereocenters. The van der Waals surface area contributed by atoms with Crippen LogP contribution in [-0.2, 0) is 10.8 Å². The monoisotopic (exact) mass is 472 g/mol. The molecule has 2 spiro atoms. The number of rotatable bonds is 0. The summed E-state index contributed by atoms with van der Waals surface area (Å²) in [5.41, 5.74) is 35.9. The van der Waals surface area contributed by atoms with E-state index in [2.05, 4.69) is 60.7 Å². The molecule has 4 aromatic carbocycles. The van der Waals surface area contributed by atoms with E-state index in [9.17, 15) is 4.79 Å². The Kier molecular flexibility index (Phi) is 4.04. The number of carbonyl (C=O) groups is 1. The van der Waals surface area contributed by atoms with E-state index in [1.165, 1.54) is 27.8 Å². The van der Waals surface area contributed by atoms with Gasteiger partial charge in [-0.05, 0) is 82.5 Å². The molecule has 0 saturated heterocycles. The van der Waals surface area contributed by atoms with Gasteiger partial charge < -0.3 is 22.9 Å². The Balaban J connectivity index is 1.59. The second-order valence-electron chi connectivity index (χ2n) is 10.6. The summed E-state index contributed by atoms with van der Waals surface area (Å²) in [6, 6.07) is 25.2. The molecule has 1 atom stereocenters. The maximum absolute atomic E-state index is 13.0. The number of nitrogens with two attached hydrogens (primary N) is 4. The van der Waals surface area contributed by atoms with Crippen molar-refractivity contribution in [1.82, 2.24) is 0 Å². The SMILES string of the molecule is Nc1cc2c(cc1N)C1(CCC2=O)CCC2(c3ccccc3-c3ccccc32)c2cc(N)c(N)cc21. The highest BCUT2D eigenvalue weighted by Crippen LogP contribution is 2.63. The van der Waals surface area contributed by atoms with Crippen LogP contribution in [0.25, 0.3) is 11.1 Å². The van der Waals surface area contributed by atoms with E-state index in [4.69, 9.17) is 22.9 Å². The second kappa shape index (κ2) is 6.91. The standard InChI is InChI=1S/C31H28N4O/c32-25-13-19-22(14-26(25)33)30(10-9-29(19)36)11-12-31(24-16-28(35)27(34)15-23(24)30)20-7-3-1-5-17(20)18-6-2-4-8-21(18)31/h1-8,13-16H,9-12,32-35H2. The molecule has 0 fully saturated rings. The van der Waals surface area contributed by atoms with Gasteiger partial charge in [0.1, 0.15) is 0 Å². The number of anilines is 4. The number of Topliss-reactive ketones (excluding diaryl/α,β-unsaturated/α-hetero) is 1. The van der Waals surface area contributed by atoms with Crippen molar-refractivity contribution in [3.05, 3.63) is 106 Å². The molecule has 0 radical (unpaired) electrons. The third kappa shape index (κ3) is 2.42. The van der Waals surface area contributed by atoms with Crippen LogP contribution in [0.2, 0.25) is 0 Å². The Labute approximate surface area is 210 Å². The lowest BCUT2D eigenvalue weighted by Crippen LogP contribution is -2.44. The molecule has 5 nitrogen and oxygen atoms in total. The van der Waals surface area contributed by atoms with E-state index in [1.54, 1.807) is 6.07 Å². The molecule has 8 N–H and O–H groups in total. The van der Waals surface area contributed by atoms with Gasteiger partial charge in [0.15, 0.2) is 5.78 Å². The molecule has 0 saturated carbocycles. The third-order valence-corrected chi connectivity index (χ3v) is 9.01. The minimum absolute atomic E-state index is 0.115. The van der Waals surface area contributed by atoms with Crippen LogP contribution in [0.1, 0.15) is 63.9 Å². The maximum atomic E-state index is 13.0. The predicted molar refractivity (Wildman–Crippen MR) is 146 cm³/mol. The Morgan fingerprint density at radius 2 is 1.06 bits per heavy atom. The summed E-state index contributed by atoms with van der Waals surface area (Å²) in [5.74, 6) is 0.115. The summed E-state index contributed by atoms with van der Waals surface area (Å²) in [6.07, 6.45) is 2.91. The third-order valence-electron chi connectivity index (χ3n) is 9.01. The zero-order valence-electron chi connectivity index (χ0n) is 20.0. The van der Waals surface area contributed by atoms with Gasteiger partial charge in [0, 0.05) is 22.8 Å². The molecule has 7 rings (SSSR count). The van der Waals surface area contributed by atoms with Crippen LogP contribution in [0.15, 0.2) is 72.8 Å². The van der Waals surface area contributed by atoms with Crippen LogP contribution in [-0.4, -0.2) is 5.78 Å². The summed E-state index contributed by atoms with van der Waals surface area (Å²) in [7, 11) is 0. The fourth-order valence-electron chi connectivity index (χ4n) is 7.33. The fourth-order valence-corrected chi connectivity index (χ4v) is 7.33. The minimum atomic E-state index is -0.389. The van der Waals surface area contributed by atoms with Crippen molar-refractivity contribution in [3.8, 4) is 11.1 Å². The van der Waals surface area contributed by atoms with Gasteiger partial charge in [-0.15, -0.1) is 0 Å². The van der Waals surface area contributed by atoms with Gasteiger partial charge in [0.25, 0.3) is 0 Å². The van der Waals surface area contributed by atoms with Gasteiger partial charge >= 0.3 is 0 Å². The van der Waals surface area contributed by atoms with Crippen molar-refractivity contribution in [1.29, 1.82) is 0 Å². The smallest absolute Gasteiger partial charge is 0.163 e.